The molecule has 0 aliphatic heterocycles. The predicted molar refractivity (Wildman–Crippen MR) is 97.2 cm³/mol. The number of nitrogens with two attached hydrogens (primary N) is 1. The summed E-state index contributed by atoms with van der Waals surface area (Å²) >= 11 is 0. The van der Waals surface area contributed by atoms with Crippen LogP contribution in [0.1, 0.15) is 16.8 Å². The Morgan fingerprint density at radius 2 is 2.16 bits per heavy atom. The van der Waals surface area contributed by atoms with E-state index in [-0.39, 0.29) is 5.91 Å². The minimum Gasteiger partial charge on any atom is -0.384 e. The van der Waals surface area contributed by atoms with Crippen molar-refractivity contribution in [1.29, 1.82) is 5.26 Å². The van der Waals surface area contributed by atoms with Crippen LogP contribution in [0.4, 0.5) is 5.82 Å². The number of carbonyl (C=O) groups is 1. The zero-order valence-corrected chi connectivity index (χ0v) is 13.7. The number of likely N-dealkylation sites (N-methyl/N-ethyl adjacent to an activating group) is 1. The molecule has 0 aliphatic rings. The van der Waals surface area contributed by atoms with Gasteiger partial charge in [-0.2, -0.15) is 5.26 Å². The third-order valence-electron chi connectivity index (χ3n) is 3.89. The normalized spacial score (nSPS) is 10.9. The van der Waals surface area contributed by atoms with Crippen molar-refractivity contribution in [1.82, 2.24) is 14.9 Å². The molecule has 1 amide bonds. The van der Waals surface area contributed by atoms with Crippen LogP contribution in [0, 0.1) is 11.3 Å². The second-order valence-electron chi connectivity index (χ2n) is 5.68. The lowest BCUT2D eigenvalue weighted by atomic mass is 10.1. The van der Waals surface area contributed by atoms with Gasteiger partial charge in [-0.25, -0.2) is 4.98 Å². The molecule has 3 aromatic rings. The van der Waals surface area contributed by atoms with Crippen molar-refractivity contribution in [3.05, 3.63) is 65.5 Å². The van der Waals surface area contributed by atoms with E-state index in [2.05, 4.69) is 16.0 Å². The number of nitrogens with one attached hydrogen (secondary N) is 1. The van der Waals surface area contributed by atoms with Crippen LogP contribution in [0.5, 0.6) is 0 Å². The average Bonchev–Trinajstić information content (AvgIpc) is 2.97. The van der Waals surface area contributed by atoms with Gasteiger partial charge in [0.25, 0.3) is 0 Å². The Morgan fingerprint density at radius 1 is 1.36 bits per heavy atom. The Hall–Kier alpha value is -3.59. The molecule has 0 spiro atoms. The summed E-state index contributed by atoms with van der Waals surface area (Å²) in [6.45, 7) is 0.320. The van der Waals surface area contributed by atoms with E-state index in [0.717, 1.165) is 22.2 Å². The minimum atomic E-state index is -0.167. The van der Waals surface area contributed by atoms with E-state index in [1.807, 2.05) is 24.3 Å². The van der Waals surface area contributed by atoms with Crippen molar-refractivity contribution in [2.75, 3.05) is 12.8 Å². The molecule has 0 fully saturated rings. The average molecular weight is 331 g/mol. The summed E-state index contributed by atoms with van der Waals surface area (Å²) in [5.41, 5.74) is 8.51. The van der Waals surface area contributed by atoms with E-state index in [9.17, 15) is 10.1 Å². The second-order valence-corrected chi connectivity index (χ2v) is 5.68. The number of aromatic nitrogens is 2. The van der Waals surface area contributed by atoms with E-state index in [1.54, 1.807) is 36.4 Å². The molecule has 3 rings (SSSR count). The maximum Gasteiger partial charge on any atom is 0.246 e. The van der Waals surface area contributed by atoms with Crippen LogP contribution in [-0.4, -0.2) is 27.8 Å². The van der Waals surface area contributed by atoms with E-state index in [4.69, 9.17) is 5.73 Å². The number of rotatable bonds is 4. The maximum atomic E-state index is 12.3. The van der Waals surface area contributed by atoms with E-state index in [0.29, 0.717) is 17.9 Å². The standard InChI is InChI=1S/C19H17N5O/c1-24(19(25)9-7-13-6-8-18(21)22-11-13)12-17-15(10-20)14-4-2-3-5-16(14)23-17/h2-9,11,23H,12H2,1H3,(H2,21,22). The summed E-state index contributed by atoms with van der Waals surface area (Å²) in [4.78, 5) is 21.0. The number of aromatic amines is 1. The number of pyridine rings is 1. The molecule has 3 N–H and O–H groups in total. The van der Waals surface area contributed by atoms with Gasteiger partial charge >= 0.3 is 0 Å². The van der Waals surface area contributed by atoms with Crippen molar-refractivity contribution in [2.45, 2.75) is 6.54 Å². The van der Waals surface area contributed by atoms with Crippen molar-refractivity contribution in [2.24, 2.45) is 0 Å². The number of hydrogen-bond acceptors (Lipinski definition) is 4. The summed E-state index contributed by atoms with van der Waals surface area (Å²) < 4.78 is 0. The Kier molecular flexibility index (Phi) is 4.48. The van der Waals surface area contributed by atoms with Gasteiger partial charge in [-0.3, -0.25) is 4.79 Å². The van der Waals surface area contributed by atoms with E-state index in [1.165, 1.54) is 6.08 Å². The zero-order valence-electron chi connectivity index (χ0n) is 13.7. The number of nitriles is 1. The Bertz CT molecular complexity index is 979. The first-order valence-corrected chi connectivity index (χ1v) is 7.73. The fourth-order valence-corrected chi connectivity index (χ4v) is 2.57. The maximum absolute atomic E-state index is 12.3. The number of H-pyrrole nitrogens is 1. The summed E-state index contributed by atoms with van der Waals surface area (Å²) in [5.74, 6) is 0.266. The third-order valence-corrected chi connectivity index (χ3v) is 3.89. The number of para-hydroxylation sites is 1. The highest BCUT2D eigenvalue weighted by Gasteiger charge is 2.14. The SMILES string of the molecule is CN(Cc1[nH]c2ccccc2c1C#N)C(=O)C=Cc1ccc(N)nc1. The van der Waals surface area contributed by atoms with E-state index >= 15 is 0 Å². The van der Waals surface area contributed by atoms with Crippen LogP contribution < -0.4 is 5.73 Å². The quantitative estimate of drug-likeness (QED) is 0.718. The van der Waals surface area contributed by atoms with E-state index < -0.39 is 0 Å². The number of fused-ring (bicyclic) bond motifs is 1. The number of hydrogen-bond donors (Lipinski definition) is 2. The number of nitrogen functional groups attached to an aromatic ring is 1. The molecule has 0 saturated heterocycles. The van der Waals surface area contributed by atoms with Gasteiger partial charge in [-0.15, -0.1) is 0 Å². The lowest BCUT2D eigenvalue weighted by Crippen LogP contribution is -2.24. The molecule has 1 aromatic carbocycles. The largest absolute Gasteiger partial charge is 0.384 e. The molecule has 2 heterocycles. The fraction of sp³-hybridized carbons (Fsp3) is 0.105. The molecular weight excluding hydrogens is 314 g/mol. The zero-order chi connectivity index (χ0) is 17.8. The monoisotopic (exact) mass is 331 g/mol. The topological polar surface area (TPSA) is 98.8 Å². The molecule has 25 heavy (non-hydrogen) atoms. The summed E-state index contributed by atoms with van der Waals surface area (Å²) in [6.07, 6.45) is 4.76. The molecule has 0 atom stereocenters. The highest BCUT2D eigenvalue weighted by atomic mass is 16.2. The Labute approximate surface area is 145 Å². The first kappa shape index (κ1) is 16.3. The number of amides is 1. The molecule has 2 aromatic heterocycles. The van der Waals surface area contributed by atoms with Crippen LogP contribution in [0.25, 0.3) is 17.0 Å². The Balaban J connectivity index is 1.75. The molecule has 0 unspecified atom stereocenters. The smallest absolute Gasteiger partial charge is 0.246 e. The van der Waals surface area contributed by atoms with Gasteiger partial charge in [0.15, 0.2) is 0 Å². The van der Waals surface area contributed by atoms with Crippen molar-refractivity contribution < 1.29 is 4.79 Å². The number of nitrogens with zero attached hydrogens (tertiary/aromatic N) is 3. The molecule has 0 aliphatic carbocycles. The summed E-state index contributed by atoms with van der Waals surface area (Å²) in [5, 5.41) is 10.3. The van der Waals surface area contributed by atoms with Crippen LogP contribution >= 0.6 is 0 Å². The fourth-order valence-electron chi connectivity index (χ4n) is 2.57. The van der Waals surface area contributed by atoms with Crippen molar-refractivity contribution in [3.8, 4) is 6.07 Å². The van der Waals surface area contributed by atoms with Crippen LogP contribution in [0.2, 0.25) is 0 Å². The molecule has 124 valence electrons. The number of carbonyl (C=O) groups excluding carboxylic acids is 1. The van der Waals surface area contributed by atoms with Crippen molar-refractivity contribution in [3.63, 3.8) is 0 Å². The van der Waals surface area contributed by atoms with Gasteiger partial charge in [0.05, 0.1) is 17.8 Å². The molecule has 0 saturated carbocycles. The lowest BCUT2D eigenvalue weighted by Gasteiger charge is -2.14. The minimum absolute atomic E-state index is 0.167. The molecule has 0 bridgehead atoms. The predicted octanol–water partition coefficient (Wildman–Crippen LogP) is 2.69. The molecule has 0 radical (unpaired) electrons. The van der Waals surface area contributed by atoms with Gasteiger partial charge in [-0.1, -0.05) is 18.2 Å². The first-order chi connectivity index (χ1) is 12.1. The van der Waals surface area contributed by atoms with Crippen molar-refractivity contribution >= 4 is 28.7 Å². The van der Waals surface area contributed by atoms with Gasteiger partial charge in [-0.05, 0) is 29.8 Å². The molecule has 6 heteroatoms. The lowest BCUT2D eigenvalue weighted by molar-refractivity contribution is -0.125. The highest BCUT2D eigenvalue weighted by Crippen LogP contribution is 2.22. The van der Waals surface area contributed by atoms with Gasteiger partial charge in [0.1, 0.15) is 11.9 Å². The highest BCUT2D eigenvalue weighted by molar-refractivity contribution is 5.92. The second kappa shape index (κ2) is 6.89. The number of anilines is 1. The molecular formula is C19H17N5O. The van der Waals surface area contributed by atoms with Gasteiger partial charge in [0.2, 0.25) is 5.91 Å². The van der Waals surface area contributed by atoms with Crippen LogP contribution in [0.15, 0.2) is 48.7 Å². The number of benzene rings is 1. The van der Waals surface area contributed by atoms with Crippen LogP contribution in [0.3, 0.4) is 0 Å². The van der Waals surface area contributed by atoms with Gasteiger partial charge in [0, 0.05) is 30.2 Å². The summed E-state index contributed by atoms with van der Waals surface area (Å²) in [6, 6.07) is 13.3. The first-order valence-electron chi connectivity index (χ1n) is 7.73. The van der Waals surface area contributed by atoms with Crippen LogP contribution in [-0.2, 0) is 11.3 Å². The third kappa shape index (κ3) is 3.51. The Morgan fingerprint density at radius 3 is 2.88 bits per heavy atom. The summed E-state index contributed by atoms with van der Waals surface area (Å²) in [7, 11) is 1.70. The molecule has 6 nitrogen and oxygen atoms in total. The van der Waals surface area contributed by atoms with Gasteiger partial charge < -0.3 is 15.6 Å².